The van der Waals surface area contributed by atoms with E-state index >= 15 is 0 Å². The molecule has 3 N–H and O–H groups in total. The number of aliphatic hydroxyl groups excluding tert-OH is 1. The third-order valence-corrected chi connectivity index (χ3v) is 7.14. The van der Waals surface area contributed by atoms with Gasteiger partial charge in [0.15, 0.2) is 0 Å². The monoisotopic (exact) mass is 529 g/mol. The Balaban J connectivity index is 4.04. The minimum atomic E-state index is -4.33. The molecule has 0 heterocycles. The lowest BCUT2D eigenvalue weighted by molar-refractivity contribution is -0.122. The first-order valence-electron chi connectivity index (χ1n) is 14.5. The number of aliphatic hydroxyl groups is 1. The summed E-state index contributed by atoms with van der Waals surface area (Å²) < 4.78 is 31.9. The van der Waals surface area contributed by atoms with E-state index in [9.17, 15) is 22.9 Å². The molecule has 0 radical (unpaired) electrons. The van der Waals surface area contributed by atoms with Crippen molar-refractivity contribution >= 4 is 16.0 Å². The van der Waals surface area contributed by atoms with Crippen LogP contribution in [-0.2, 0) is 14.9 Å². The van der Waals surface area contributed by atoms with Crippen LogP contribution >= 0.6 is 0 Å². The van der Waals surface area contributed by atoms with Gasteiger partial charge in [0.05, 0.1) is 17.9 Å². The number of rotatable bonds is 25. The summed E-state index contributed by atoms with van der Waals surface area (Å²) in [6.07, 6.45) is 27.6. The normalized spacial score (nSPS) is 14.0. The van der Waals surface area contributed by atoms with E-state index in [0.717, 1.165) is 38.5 Å². The van der Waals surface area contributed by atoms with Crippen molar-refractivity contribution < 1.29 is 22.9 Å². The standard InChI is InChI=1S/C29H55NO5S/c1-3-5-7-9-11-12-13-14-15-16-17-19-21-23-25-29(32)30-27(26-36(33,34)35)28(31)24-22-20-18-10-8-6-4-2/h8,10,22,24,27-28,31H,3-7,9,11-21,23,25-26H2,1-2H3,(H,30,32)(H,33,34,35)/b10-8+,24-22+. The van der Waals surface area contributed by atoms with Crippen LogP contribution in [0.2, 0.25) is 0 Å². The Bertz CT molecular complexity index is 675. The Morgan fingerprint density at radius 1 is 0.722 bits per heavy atom. The zero-order valence-corrected chi connectivity index (χ0v) is 24.0. The van der Waals surface area contributed by atoms with Gasteiger partial charge in [-0.3, -0.25) is 9.35 Å². The van der Waals surface area contributed by atoms with Crippen LogP contribution in [0.25, 0.3) is 0 Å². The lowest BCUT2D eigenvalue weighted by Gasteiger charge is -2.21. The molecule has 0 saturated carbocycles. The highest BCUT2D eigenvalue weighted by molar-refractivity contribution is 7.85. The third kappa shape index (κ3) is 24.5. The molecule has 7 heteroatoms. The van der Waals surface area contributed by atoms with E-state index in [-0.39, 0.29) is 5.91 Å². The molecule has 0 saturated heterocycles. The van der Waals surface area contributed by atoms with Crippen molar-refractivity contribution in [3.63, 3.8) is 0 Å². The maximum absolute atomic E-state index is 12.3. The number of carbonyl (C=O) groups excluding carboxylic acids is 1. The molecule has 0 aromatic carbocycles. The number of hydrogen-bond acceptors (Lipinski definition) is 4. The Morgan fingerprint density at radius 2 is 1.19 bits per heavy atom. The minimum Gasteiger partial charge on any atom is -0.387 e. The smallest absolute Gasteiger partial charge is 0.267 e. The molecule has 2 unspecified atom stereocenters. The third-order valence-electron chi connectivity index (χ3n) is 6.36. The Morgan fingerprint density at radius 3 is 1.69 bits per heavy atom. The number of hydrogen-bond donors (Lipinski definition) is 3. The average molecular weight is 530 g/mol. The summed E-state index contributed by atoms with van der Waals surface area (Å²) >= 11 is 0. The van der Waals surface area contributed by atoms with Gasteiger partial charge in [0.1, 0.15) is 0 Å². The molecule has 2 atom stereocenters. The van der Waals surface area contributed by atoms with Crippen molar-refractivity contribution in [1.82, 2.24) is 5.32 Å². The van der Waals surface area contributed by atoms with Crippen LogP contribution in [0.3, 0.4) is 0 Å². The number of amides is 1. The highest BCUT2D eigenvalue weighted by atomic mass is 32.2. The molecule has 0 aliphatic rings. The predicted octanol–water partition coefficient (Wildman–Crippen LogP) is 7.28. The summed E-state index contributed by atoms with van der Waals surface area (Å²) in [6, 6.07) is -1.06. The van der Waals surface area contributed by atoms with Crippen molar-refractivity contribution in [2.45, 2.75) is 148 Å². The molecule has 36 heavy (non-hydrogen) atoms. The highest BCUT2D eigenvalue weighted by Gasteiger charge is 2.24. The van der Waals surface area contributed by atoms with Crippen LogP contribution < -0.4 is 5.32 Å². The Kier molecular flexibility index (Phi) is 23.4. The summed E-state index contributed by atoms with van der Waals surface area (Å²) in [5.74, 6) is -1.00. The van der Waals surface area contributed by atoms with Gasteiger partial charge in [0, 0.05) is 6.42 Å². The van der Waals surface area contributed by atoms with Crippen molar-refractivity contribution in [1.29, 1.82) is 0 Å². The Hall–Kier alpha value is -1.18. The largest absolute Gasteiger partial charge is 0.387 e. The van der Waals surface area contributed by atoms with E-state index in [0.29, 0.717) is 12.8 Å². The second kappa shape index (κ2) is 24.2. The van der Waals surface area contributed by atoms with Gasteiger partial charge in [0.2, 0.25) is 5.91 Å². The molecule has 0 aliphatic carbocycles. The molecule has 0 aromatic heterocycles. The first-order chi connectivity index (χ1) is 17.3. The average Bonchev–Trinajstić information content (AvgIpc) is 2.82. The van der Waals surface area contributed by atoms with Gasteiger partial charge in [-0.25, -0.2) is 0 Å². The second-order valence-corrected chi connectivity index (χ2v) is 11.5. The first-order valence-corrected chi connectivity index (χ1v) is 16.1. The number of unbranched alkanes of at least 4 members (excludes halogenated alkanes) is 15. The fraction of sp³-hybridized carbons (Fsp3) is 0.828. The Labute approximate surface area is 222 Å². The predicted molar refractivity (Wildman–Crippen MR) is 152 cm³/mol. The molecule has 1 amide bonds. The minimum absolute atomic E-state index is 0.290. The highest BCUT2D eigenvalue weighted by Crippen LogP contribution is 2.13. The van der Waals surface area contributed by atoms with Crippen LogP contribution in [0, 0.1) is 0 Å². The molecule has 0 aromatic rings. The molecular weight excluding hydrogens is 474 g/mol. The molecule has 0 bridgehead atoms. The number of allylic oxidation sites excluding steroid dienone is 3. The van der Waals surface area contributed by atoms with E-state index in [1.54, 1.807) is 6.08 Å². The summed E-state index contributed by atoms with van der Waals surface area (Å²) in [5.41, 5.74) is 0. The molecular formula is C29H55NO5S. The summed E-state index contributed by atoms with van der Waals surface area (Å²) in [5, 5.41) is 13.0. The van der Waals surface area contributed by atoms with Crippen molar-refractivity contribution in [3.05, 3.63) is 24.3 Å². The molecule has 0 rings (SSSR count). The fourth-order valence-corrected chi connectivity index (χ4v) is 4.91. The van der Waals surface area contributed by atoms with Gasteiger partial charge in [0.25, 0.3) is 10.1 Å². The van der Waals surface area contributed by atoms with Crippen LogP contribution in [0.1, 0.15) is 136 Å². The fourth-order valence-electron chi connectivity index (χ4n) is 4.18. The molecule has 0 fully saturated rings. The van der Waals surface area contributed by atoms with Crippen LogP contribution in [0.5, 0.6) is 0 Å². The zero-order valence-electron chi connectivity index (χ0n) is 23.1. The van der Waals surface area contributed by atoms with Crippen LogP contribution in [0.4, 0.5) is 0 Å². The van der Waals surface area contributed by atoms with E-state index < -0.39 is 28.0 Å². The number of nitrogens with one attached hydrogen (secondary N) is 1. The maximum Gasteiger partial charge on any atom is 0.267 e. The quantitative estimate of drug-likeness (QED) is 0.0654. The maximum atomic E-state index is 12.3. The summed E-state index contributed by atoms with van der Waals surface area (Å²) in [6.45, 7) is 4.36. The SMILES string of the molecule is CCC/C=C/CC/C=C/C(O)C(CS(=O)(=O)O)NC(=O)CCCCCCCCCCCCCCCC. The van der Waals surface area contributed by atoms with E-state index in [1.165, 1.54) is 76.7 Å². The molecule has 6 nitrogen and oxygen atoms in total. The summed E-state index contributed by atoms with van der Waals surface area (Å²) in [4.78, 5) is 12.3. The number of carbonyl (C=O) groups is 1. The lowest BCUT2D eigenvalue weighted by Crippen LogP contribution is -2.46. The molecule has 0 aliphatic heterocycles. The van der Waals surface area contributed by atoms with Crippen molar-refractivity contribution in [3.8, 4) is 0 Å². The van der Waals surface area contributed by atoms with Gasteiger partial charge in [-0.15, -0.1) is 0 Å². The van der Waals surface area contributed by atoms with E-state index in [4.69, 9.17) is 0 Å². The van der Waals surface area contributed by atoms with Gasteiger partial charge in [-0.2, -0.15) is 8.42 Å². The zero-order chi connectivity index (χ0) is 26.9. The van der Waals surface area contributed by atoms with Gasteiger partial charge >= 0.3 is 0 Å². The lowest BCUT2D eigenvalue weighted by atomic mass is 10.0. The van der Waals surface area contributed by atoms with Gasteiger partial charge < -0.3 is 10.4 Å². The van der Waals surface area contributed by atoms with E-state index in [2.05, 4.69) is 31.3 Å². The summed E-state index contributed by atoms with van der Waals surface area (Å²) in [7, 11) is -4.33. The molecule has 0 spiro atoms. The van der Waals surface area contributed by atoms with Crippen LogP contribution in [0.15, 0.2) is 24.3 Å². The first kappa shape index (κ1) is 34.8. The van der Waals surface area contributed by atoms with Crippen LogP contribution in [-0.4, -0.2) is 41.9 Å². The van der Waals surface area contributed by atoms with Gasteiger partial charge in [-0.05, 0) is 25.7 Å². The molecule has 212 valence electrons. The van der Waals surface area contributed by atoms with Crippen molar-refractivity contribution in [2.24, 2.45) is 0 Å². The van der Waals surface area contributed by atoms with Crippen molar-refractivity contribution in [2.75, 3.05) is 5.75 Å². The van der Waals surface area contributed by atoms with Gasteiger partial charge in [-0.1, -0.05) is 128 Å². The topological polar surface area (TPSA) is 104 Å². The second-order valence-electron chi connectivity index (χ2n) is 10.0. The van der Waals surface area contributed by atoms with E-state index in [1.807, 2.05) is 0 Å².